The van der Waals surface area contributed by atoms with Crippen molar-refractivity contribution in [1.82, 2.24) is 5.32 Å². The van der Waals surface area contributed by atoms with Crippen LogP contribution in [0.1, 0.15) is 52.5 Å². The number of esters is 1. The third-order valence-corrected chi connectivity index (χ3v) is 9.81. The molecule has 154 valence electrons. The number of benzene rings is 1. The summed E-state index contributed by atoms with van der Waals surface area (Å²) in [7, 11) is -1.87. The summed E-state index contributed by atoms with van der Waals surface area (Å²) in [6.45, 7) is 15.3. The summed E-state index contributed by atoms with van der Waals surface area (Å²) < 4.78 is 11.6. The van der Waals surface area contributed by atoms with Crippen LogP contribution in [0.4, 0.5) is 0 Å². The highest BCUT2D eigenvalue weighted by Gasteiger charge is 2.39. The lowest BCUT2D eigenvalue weighted by Crippen LogP contribution is -2.46. The van der Waals surface area contributed by atoms with E-state index in [2.05, 4.69) is 63.4 Å². The average Bonchev–Trinajstić information content (AvgIpc) is 2.59. The van der Waals surface area contributed by atoms with Crippen molar-refractivity contribution in [2.24, 2.45) is 0 Å². The summed E-state index contributed by atoms with van der Waals surface area (Å²) in [5.74, 6) is -0.134. The van der Waals surface area contributed by atoms with Crippen LogP contribution in [0.3, 0.4) is 0 Å². The zero-order valence-electron chi connectivity index (χ0n) is 18.1. The normalized spacial score (nSPS) is 13.4. The minimum atomic E-state index is -1.87. The van der Waals surface area contributed by atoms with Gasteiger partial charge in [0.15, 0.2) is 8.32 Å². The van der Waals surface area contributed by atoms with Crippen LogP contribution < -0.4 is 5.32 Å². The van der Waals surface area contributed by atoms with E-state index in [9.17, 15) is 4.79 Å². The van der Waals surface area contributed by atoms with E-state index in [4.69, 9.17) is 9.16 Å². The van der Waals surface area contributed by atoms with Crippen LogP contribution in [0.15, 0.2) is 30.3 Å². The van der Waals surface area contributed by atoms with Crippen molar-refractivity contribution in [2.75, 3.05) is 19.7 Å². The Labute approximate surface area is 167 Å². The summed E-state index contributed by atoms with van der Waals surface area (Å²) >= 11 is 0. The van der Waals surface area contributed by atoms with Gasteiger partial charge in [0.05, 0.1) is 12.7 Å². The van der Waals surface area contributed by atoms with Crippen molar-refractivity contribution in [3.63, 3.8) is 0 Å². The molecule has 1 aromatic rings. The number of rotatable bonds is 12. The highest BCUT2D eigenvalue weighted by Crippen LogP contribution is 2.37. The van der Waals surface area contributed by atoms with Gasteiger partial charge in [-0.25, -0.2) is 0 Å². The first-order valence-electron chi connectivity index (χ1n) is 10.2. The lowest BCUT2D eigenvalue weighted by molar-refractivity contribution is -0.143. The Kier molecular flexibility index (Phi) is 10.3. The number of ether oxygens (including phenoxy) is 1. The van der Waals surface area contributed by atoms with E-state index in [1.807, 2.05) is 13.0 Å². The summed E-state index contributed by atoms with van der Waals surface area (Å²) in [6, 6.07) is 10.6. The highest BCUT2D eigenvalue weighted by atomic mass is 28.4. The lowest BCUT2D eigenvalue weighted by atomic mass is 10.1. The maximum atomic E-state index is 11.8. The Hall–Kier alpha value is -1.17. The molecule has 1 N–H and O–H groups in total. The van der Waals surface area contributed by atoms with Gasteiger partial charge in [0.2, 0.25) is 0 Å². The van der Waals surface area contributed by atoms with Crippen molar-refractivity contribution in [3.05, 3.63) is 35.9 Å². The van der Waals surface area contributed by atoms with Gasteiger partial charge in [-0.15, -0.1) is 0 Å². The van der Waals surface area contributed by atoms with Crippen LogP contribution in [0, 0.1) is 0 Å². The van der Waals surface area contributed by atoms with Gasteiger partial charge in [-0.1, -0.05) is 51.1 Å². The van der Waals surface area contributed by atoms with E-state index >= 15 is 0 Å². The van der Waals surface area contributed by atoms with Crippen molar-refractivity contribution >= 4 is 14.3 Å². The fourth-order valence-electron chi connectivity index (χ4n) is 2.63. The van der Waals surface area contributed by atoms with Crippen LogP contribution >= 0.6 is 0 Å². The average molecular weight is 394 g/mol. The molecule has 0 aliphatic heterocycles. The molecule has 5 heteroatoms. The number of hydrogen-bond acceptors (Lipinski definition) is 4. The predicted octanol–water partition coefficient (Wildman–Crippen LogP) is 4.94. The maximum absolute atomic E-state index is 11.8. The van der Waals surface area contributed by atoms with E-state index in [-0.39, 0.29) is 17.1 Å². The van der Waals surface area contributed by atoms with Gasteiger partial charge in [0.25, 0.3) is 0 Å². The fraction of sp³-hybridized carbons (Fsp3) is 0.682. The third kappa shape index (κ3) is 9.54. The quantitative estimate of drug-likeness (QED) is 0.310. The predicted molar refractivity (Wildman–Crippen MR) is 116 cm³/mol. The first kappa shape index (κ1) is 23.9. The second-order valence-corrected chi connectivity index (χ2v) is 13.4. The SMILES string of the molecule is CCOC(=O)CC[C@H](CNCCCc1ccccc1)O[Si](C)(C)C(C)(C)C. The van der Waals surface area contributed by atoms with Crippen molar-refractivity contribution in [1.29, 1.82) is 0 Å². The Morgan fingerprint density at radius 1 is 1.19 bits per heavy atom. The van der Waals surface area contributed by atoms with Gasteiger partial charge < -0.3 is 14.5 Å². The molecule has 0 bridgehead atoms. The summed E-state index contributed by atoms with van der Waals surface area (Å²) in [6.07, 6.45) is 3.33. The molecule has 0 fully saturated rings. The molecule has 0 saturated carbocycles. The standard InChI is InChI=1S/C22H39NO3Si/c1-7-25-21(24)16-15-20(26-27(5,6)22(2,3)4)18-23-17-11-14-19-12-9-8-10-13-19/h8-10,12-13,20,23H,7,11,14-18H2,1-6H3/t20-/m1/s1. The lowest BCUT2D eigenvalue weighted by Gasteiger charge is -2.39. The van der Waals surface area contributed by atoms with Crippen LogP contribution in [-0.4, -0.2) is 40.1 Å². The maximum Gasteiger partial charge on any atom is 0.305 e. The molecule has 0 aliphatic carbocycles. The summed E-state index contributed by atoms with van der Waals surface area (Å²) in [5, 5.41) is 3.69. The largest absolute Gasteiger partial charge is 0.466 e. The molecule has 0 radical (unpaired) electrons. The second kappa shape index (κ2) is 11.6. The van der Waals surface area contributed by atoms with Crippen LogP contribution in [-0.2, 0) is 20.4 Å². The molecule has 1 aromatic carbocycles. The van der Waals surface area contributed by atoms with E-state index in [0.29, 0.717) is 19.4 Å². The first-order chi connectivity index (χ1) is 12.7. The summed E-state index contributed by atoms with van der Waals surface area (Å²) in [5.41, 5.74) is 1.37. The van der Waals surface area contributed by atoms with Gasteiger partial charge in [-0.2, -0.15) is 0 Å². The Bertz CT molecular complexity index is 540. The number of aryl methyl sites for hydroxylation is 1. The Morgan fingerprint density at radius 3 is 2.44 bits per heavy atom. The second-order valence-electron chi connectivity index (χ2n) is 8.64. The minimum Gasteiger partial charge on any atom is -0.466 e. The van der Waals surface area contributed by atoms with Gasteiger partial charge in [0, 0.05) is 13.0 Å². The summed E-state index contributed by atoms with van der Waals surface area (Å²) in [4.78, 5) is 11.8. The monoisotopic (exact) mass is 393 g/mol. The molecule has 0 heterocycles. The first-order valence-corrected chi connectivity index (χ1v) is 13.1. The molecule has 0 saturated heterocycles. The van der Waals surface area contributed by atoms with E-state index in [1.165, 1.54) is 5.56 Å². The van der Waals surface area contributed by atoms with Crippen LogP contribution in [0.5, 0.6) is 0 Å². The molecule has 1 rings (SSSR count). The number of carbonyl (C=O) groups is 1. The van der Waals surface area contributed by atoms with Crippen molar-refractivity contribution in [2.45, 2.75) is 77.6 Å². The van der Waals surface area contributed by atoms with Crippen molar-refractivity contribution in [3.8, 4) is 0 Å². The molecule has 0 aliphatic rings. The van der Waals surface area contributed by atoms with Gasteiger partial charge in [-0.3, -0.25) is 4.79 Å². The molecular weight excluding hydrogens is 354 g/mol. The van der Waals surface area contributed by atoms with Crippen LogP contribution in [0.2, 0.25) is 18.1 Å². The number of carbonyl (C=O) groups excluding carboxylic acids is 1. The number of hydrogen-bond donors (Lipinski definition) is 1. The zero-order valence-corrected chi connectivity index (χ0v) is 19.1. The number of nitrogens with one attached hydrogen (secondary N) is 1. The van der Waals surface area contributed by atoms with Gasteiger partial charge in [-0.05, 0) is 56.4 Å². The van der Waals surface area contributed by atoms with Gasteiger partial charge >= 0.3 is 5.97 Å². The Morgan fingerprint density at radius 2 is 1.85 bits per heavy atom. The van der Waals surface area contributed by atoms with E-state index in [1.54, 1.807) is 0 Å². The molecule has 0 aromatic heterocycles. The zero-order chi connectivity index (χ0) is 20.3. The molecule has 1 atom stereocenters. The molecule has 4 nitrogen and oxygen atoms in total. The fourth-order valence-corrected chi connectivity index (χ4v) is 4.02. The third-order valence-electron chi connectivity index (χ3n) is 5.28. The van der Waals surface area contributed by atoms with E-state index in [0.717, 1.165) is 25.9 Å². The Balaban J connectivity index is 2.48. The topological polar surface area (TPSA) is 47.6 Å². The minimum absolute atomic E-state index is 0.0482. The highest BCUT2D eigenvalue weighted by molar-refractivity contribution is 6.74. The molecule has 0 amide bonds. The smallest absolute Gasteiger partial charge is 0.305 e. The van der Waals surface area contributed by atoms with E-state index < -0.39 is 8.32 Å². The molecule has 0 spiro atoms. The van der Waals surface area contributed by atoms with Crippen LogP contribution in [0.25, 0.3) is 0 Å². The molecular formula is C22H39NO3Si. The van der Waals surface area contributed by atoms with Crippen molar-refractivity contribution < 1.29 is 14.0 Å². The molecule has 0 unspecified atom stereocenters. The van der Waals surface area contributed by atoms with Gasteiger partial charge in [0.1, 0.15) is 0 Å². The molecule has 27 heavy (non-hydrogen) atoms.